The molecule has 0 spiro atoms. The van der Waals surface area contributed by atoms with Gasteiger partial charge in [0.2, 0.25) is 0 Å². The van der Waals surface area contributed by atoms with Crippen molar-refractivity contribution in [3.8, 4) is 0 Å². The van der Waals surface area contributed by atoms with Crippen LogP contribution in [0.5, 0.6) is 0 Å². The SMILES string of the molecule is CC1C(C)(C)C1(C)C.Cc1ccc(C(C)C(C)C)cc1.[CH-]=CC1C(C)C1(C)C.[Y].[Y].[Y]. The Morgan fingerprint density at radius 1 is 0.806 bits per heavy atom. The molecule has 0 saturated heterocycles. The fourth-order valence-corrected chi connectivity index (χ4v) is 4.14. The Morgan fingerprint density at radius 2 is 1.13 bits per heavy atom. The summed E-state index contributed by atoms with van der Waals surface area (Å²) < 4.78 is 0. The van der Waals surface area contributed by atoms with E-state index in [1.807, 2.05) is 6.08 Å². The minimum absolute atomic E-state index is 0. The van der Waals surface area contributed by atoms with Crippen LogP contribution in [0.1, 0.15) is 93.2 Å². The van der Waals surface area contributed by atoms with Crippen LogP contribution in [0.2, 0.25) is 0 Å². The van der Waals surface area contributed by atoms with E-state index in [1.165, 1.54) is 11.1 Å². The van der Waals surface area contributed by atoms with E-state index in [4.69, 9.17) is 6.58 Å². The minimum atomic E-state index is 0. The third-order valence-electron chi connectivity index (χ3n) is 9.02. The fraction of sp³-hybridized carbons (Fsp3) is 0.714. The van der Waals surface area contributed by atoms with Crippen LogP contribution in [0.3, 0.4) is 0 Å². The Labute approximate surface area is 271 Å². The van der Waals surface area contributed by atoms with Crippen molar-refractivity contribution in [2.45, 2.75) is 89.0 Å². The average Bonchev–Trinajstić information content (AvgIpc) is 3.25. The molecule has 3 atom stereocenters. The maximum atomic E-state index is 5.37. The molecule has 0 bridgehead atoms. The molecule has 2 saturated carbocycles. The van der Waals surface area contributed by atoms with Crippen molar-refractivity contribution >= 4 is 0 Å². The van der Waals surface area contributed by atoms with Crippen molar-refractivity contribution in [2.24, 2.45) is 39.9 Å². The number of benzene rings is 1. The molecular formula is C28H47Y3-. The monoisotopic (exact) mass is 650 g/mol. The molecule has 0 heterocycles. The maximum absolute atomic E-state index is 5.37. The average molecular weight is 650 g/mol. The Hall–Kier alpha value is 2.27. The Bertz CT molecular complexity index is 627. The van der Waals surface area contributed by atoms with Gasteiger partial charge in [-0.05, 0) is 58.3 Å². The van der Waals surface area contributed by atoms with Crippen LogP contribution < -0.4 is 0 Å². The molecule has 1 aromatic carbocycles. The van der Waals surface area contributed by atoms with Crippen LogP contribution in [0, 0.1) is 53.4 Å². The van der Waals surface area contributed by atoms with Gasteiger partial charge in [-0.1, -0.05) is 106 Å². The van der Waals surface area contributed by atoms with Crippen LogP contribution in [0.15, 0.2) is 30.3 Å². The number of aryl methyl sites for hydroxylation is 1. The van der Waals surface area contributed by atoms with E-state index in [2.05, 4.69) is 107 Å². The van der Waals surface area contributed by atoms with Crippen LogP contribution in [-0.4, -0.2) is 0 Å². The summed E-state index contributed by atoms with van der Waals surface area (Å²) in [4.78, 5) is 0. The van der Waals surface area contributed by atoms with Gasteiger partial charge >= 0.3 is 0 Å². The minimum Gasteiger partial charge on any atom is -0.518 e. The quantitative estimate of drug-likeness (QED) is 0.287. The van der Waals surface area contributed by atoms with Crippen LogP contribution in [0.4, 0.5) is 0 Å². The molecule has 3 heteroatoms. The molecule has 2 aliphatic rings. The molecule has 0 aliphatic heterocycles. The molecule has 3 rings (SSSR count). The van der Waals surface area contributed by atoms with E-state index in [-0.39, 0.29) is 98.1 Å². The molecule has 3 unspecified atom stereocenters. The number of hydrogen-bond donors (Lipinski definition) is 0. The molecule has 31 heavy (non-hydrogen) atoms. The van der Waals surface area contributed by atoms with E-state index >= 15 is 0 Å². The predicted molar refractivity (Wildman–Crippen MR) is 126 cm³/mol. The summed E-state index contributed by atoms with van der Waals surface area (Å²) >= 11 is 0. The molecule has 169 valence electrons. The van der Waals surface area contributed by atoms with Gasteiger partial charge in [0.15, 0.2) is 0 Å². The predicted octanol–water partition coefficient (Wildman–Crippen LogP) is 8.70. The van der Waals surface area contributed by atoms with Gasteiger partial charge < -0.3 is 6.58 Å². The molecule has 2 aliphatic carbocycles. The van der Waals surface area contributed by atoms with E-state index in [0.29, 0.717) is 28.1 Å². The Kier molecular flexibility index (Phi) is 18.0. The first-order valence-electron chi connectivity index (χ1n) is 11.2. The Balaban J connectivity index is -0.000000372. The first kappa shape index (κ1) is 37.8. The topological polar surface area (TPSA) is 0 Å². The second kappa shape index (κ2) is 14.7. The molecule has 2 fully saturated rings. The third-order valence-corrected chi connectivity index (χ3v) is 9.02. The largest absolute Gasteiger partial charge is 0.518 e. The molecule has 0 N–H and O–H groups in total. The molecule has 0 amide bonds. The van der Waals surface area contributed by atoms with Gasteiger partial charge in [0, 0.05) is 98.1 Å². The fourth-order valence-electron chi connectivity index (χ4n) is 4.14. The van der Waals surface area contributed by atoms with Gasteiger partial charge in [0.25, 0.3) is 0 Å². The second-order valence-electron chi connectivity index (χ2n) is 11.4. The van der Waals surface area contributed by atoms with Gasteiger partial charge in [-0.15, -0.1) is 0 Å². The van der Waals surface area contributed by atoms with E-state index < -0.39 is 0 Å². The van der Waals surface area contributed by atoms with Gasteiger partial charge in [-0.3, -0.25) is 6.08 Å². The first-order valence-corrected chi connectivity index (χ1v) is 11.2. The summed E-state index contributed by atoms with van der Waals surface area (Å²) in [6.45, 7) is 32.8. The summed E-state index contributed by atoms with van der Waals surface area (Å²) in [5, 5.41) is 0. The van der Waals surface area contributed by atoms with Crippen molar-refractivity contribution in [1.82, 2.24) is 0 Å². The Morgan fingerprint density at radius 3 is 1.29 bits per heavy atom. The van der Waals surface area contributed by atoms with E-state index in [0.717, 1.165) is 17.8 Å². The molecule has 3 radical (unpaired) electrons. The van der Waals surface area contributed by atoms with E-state index in [1.54, 1.807) is 0 Å². The summed E-state index contributed by atoms with van der Waals surface area (Å²) in [5.74, 6) is 3.78. The number of rotatable bonds is 3. The normalized spacial score (nSPS) is 24.3. The molecule has 1 aromatic rings. The number of hydrogen-bond acceptors (Lipinski definition) is 0. The molecule has 0 nitrogen and oxygen atoms in total. The summed E-state index contributed by atoms with van der Waals surface area (Å²) in [6.07, 6.45) is 1.82. The zero-order valence-corrected chi connectivity index (χ0v) is 31.1. The summed E-state index contributed by atoms with van der Waals surface area (Å²) in [6, 6.07) is 8.85. The zero-order chi connectivity index (χ0) is 22.1. The summed E-state index contributed by atoms with van der Waals surface area (Å²) in [7, 11) is 0. The van der Waals surface area contributed by atoms with E-state index in [9.17, 15) is 0 Å². The van der Waals surface area contributed by atoms with Gasteiger partial charge in [-0.25, -0.2) is 0 Å². The van der Waals surface area contributed by atoms with Crippen LogP contribution in [-0.2, 0) is 98.1 Å². The third kappa shape index (κ3) is 9.68. The first-order chi connectivity index (χ1) is 12.6. The van der Waals surface area contributed by atoms with Crippen LogP contribution >= 0.6 is 0 Å². The zero-order valence-electron chi connectivity index (χ0n) is 22.6. The molecule has 0 aromatic heterocycles. The molecular weight excluding hydrogens is 603 g/mol. The second-order valence-corrected chi connectivity index (χ2v) is 11.4. The van der Waals surface area contributed by atoms with Crippen molar-refractivity contribution in [1.29, 1.82) is 0 Å². The van der Waals surface area contributed by atoms with Crippen molar-refractivity contribution in [3.05, 3.63) is 48.0 Å². The van der Waals surface area contributed by atoms with Crippen molar-refractivity contribution in [3.63, 3.8) is 0 Å². The van der Waals surface area contributed by atoms with Crippen LogP contribution in [0.25, 0.3) is 0 Å². The van der Waals surface area contributed by atoms with Crippen molar-refractivity contribution < 1.29 is 98.1 Å². The smallest absolute Gasteiger partial charge is 0 e. The standard InChI is InChI=1S/C12H18.C8H16.C8H13.3Y/c1-9(2)11(4)12-7-5-10(3)6-8-12;1-6-7(2,3)8(6,4)5;1-5-7-6(2)8(7,3)4;;;/h5-9,11H,1-4H3;6H,1-5H3;1,5-7H,2-4H3;;;/q;;-1;;;. The van der Waals surface area contributed by atoms with Crippen molar-refractivity contribution in [2.75, 3.05) is 0 Å². The summed E-state index contributed by atoms with van der Waals surface area (Å²) in [5.41, 5.74) is 4.50. The van der Waals surface area contributed by atoms with Gasteiger partial charge in [-0.2, -0.15) is 0 Å². The maximum Gasteiger partial charge on any atom is 0 e. The van der Waals surface area contributed by atoms with Gasteiger partial charge in [0.1, 0.15) is 0 Å². The number of allylic oxidation sites excluding steroid dienone is 1. The van der Waals surface area contributed by atoms with Gasteiger partial charge in [0.05, 0.1) is 0 Å².